The first kappa shape index (κ1) is 11.9. The SMILES string of the molecule is Cc1c(N2CCC(CO)C2)cccc1[N+](=O)[O-]. The molecule has 1 heterocycles. The molecule has 1 N–H and O–H groups in total. The maximum absolute atomic E-state index is 10.9. The molecular formula is C12H16N2O3. The number of aliphatic hydroxyl groups is 1. The molecule has 1 saturated heterocycles. The molecule has 1 unspecified atom stereocenters. The van der Waals surface area contributed by atoms with Crippen molar-refractivity contribution < 1.29 is 10.0 Å². The van der Waals surface area contributed by atoms with E-state index in [0.717, 1.165) is 25.2 Å². The smallest absolute Gasteiger partial charge is 0.274 e. The second-order valence-corrected chi connectivity index (χ2v) is 4.46. The van der Waals surface area contributed by atoms with Crippen LogP contribution >= 0.6 is 0 Å². The van der Waals surface area contributed by atoms with E-state index in [-0.39, 0.29) is 23.1 Å². The zero-order valence-electron chi connectivity index (χ0n) is 9.80. The second-order valence-electron chi connectivity index (χ2n) is 4.46. The molecule has 1 aliphatic heterocycles. The molecule has 0 aromatic heterocycles. The van der Waals surface area contributed by atoms with Crippen molar-refractivity contribution in [3.8, 4) is 0 Å². The number of anilines is 1. The lowest BCUT2D eigenvalue weighted by molar-refractivity contribution is -0.385. The minimum Gasteiger partial charge on any atom is -0.396 e. The number of rotatable bonds is 3. The van der Waals surface area contributed by atoms with Gasteiger partial charge in [-0.1, -0.05) is 6.07 Å². The van der Waals surface area contributed by atoms with Gasteiger partial charge >= 0.3 is 0 Å². The van der Waals surface area contributed by atoms with E-state index in [1.165, 1.54) is 6.07 Å². The van der Waals surface area contributed by atoms with Crippen molar-refractivity contribution in [2.45, 2.75) is 13.3 Å². The predicted octanol–water partition coefficient (Wildman–Crippen LogP) is 1.72. The average Bonchev–Trinajstić information content (AvgIpc) is 2.77. The molecule has 92 valence electrons. The maximum Gasteiger partial charge on any atom is 0.274 e. The summed E-state index contributed by atoms with van der Waals surface area (Å²) in [6.45, 7) is 3.59. The van der Waals surface area contributed by atoms with Crippen molar-refractivity contribution in [3.05, 3.63) is 33.9 Å². The number of nitro benzene ring substituents is 1. The van der Waals surface area contributed by atoms with E-state index in [1.54, 1.807) is 13.0 Å². The molecule has 5 heteroatoms. The van der Waals surface area contributed by atoms with Gasteiger partial charge in [-0.3, -0.25) is 10.1 Å². The number of nitrogens with zero attached hydrogens (tertiary/aromatic N) is 2. The molecular weight excluding hydrogens is 220 g/mol. The molecule has 0 aliphatic carbocycles. The van der Waals surface area contributed by atoms with Gasteiger partial charge in [0.05, 0.1) is 10.5 Å². The van der Waals surface area contributed by atoms with E-state index in [2.05, 4.69) is 4.90 Å². The molecule has 1 aromatic carbocycles. The summed E-state index contributed by atoms with van der Waals surface area (Å²) in [5.74, 6) is 0.286. The molecule has 2 rings (SSSR count). The maximum atomic E-state index is 10.9. The van der Waals surface area contributed by atoms with Gasteiger partial charge in [0.2, 0.25) is 0 Å². The Bertz CT molecular complexity index is 434. The number of benzene rings is 1. The summed E-state index contributed by atoms with van der Waals surface area (Å²) in [7, 11) is 0. The Balaban J connectivity index is 2.28. The fourth-order valence-electron chi connectivity index (χ4n) is 2.35. The number of aliphatic hydroxyl groups excluding tert-OH is 1. The number of hydrogen-bond donors (Lipinski definition) is 1. The fraction of sp³-hybridized carbons (Fsp3) is 0.500. The lowest BCUT2D eigenvalue weighted by Gasteiger charge is -2.20. The third kappa shape index (κ3) is 2.24. The molecule has 1 aliphatic rings. The van der Waals surface area contributed by atoms with Gasteiger partial charge in [-0.25, -0.2) is 0 Å². The lowest BCUT2D eigenvalue weighted by Crippen LogP contribution is -2.21. The summed E-state index contributed by atoms with van der Waals surface area (Å²) in [6, 6.07) is 5.15. The summed E-state index contributed by atoms with van der Waals surface area (Å²) < 4.78 is 0. The Morgan fingerprint density at radius 1 is 1.59 bits per heavy atom. The lowest BCUT2D eigenvalue weighted by atomic mass is 10.1. The van der Waals surface area contributed by atoms with Crippen molar-refractivity contribution >= 4 is 11.4 Å². The van der Waals surface area contributed by atoms with Crippen molar-refractivity contribution in [1.29, 1.82) is 0 Å². The van der Waals surface area contributed by atoms with Crippen LogP contribution in [0.2, 0.25) is 0 Å². The van der Waals surface area contributed by atoms with E-state index in [1.807, 2.05) is 6.07 Å². The van der Waals surface area contributed by atoms with E-state index < -0.39 is 0 Å². The second kappa shape index (κ2) is 4.71. The highest BCUT2D eigenvalue weighted by Crippen LogP contribution is 2.31. The van der Waals surface area contributed by atoms with Crippen LogP contribution in [0.15, 0.2) is 18.2 Å². The Hall–Kier alpha value is -1.62. The summed E-state index contributed by atoms with van der Waals surface area (Å²) in [5, 5.41) is 20.0. The van der Waals surface area contributed by atoms with Crippen LogP contribution < -0.4 is 4.90 Å². The van der Waals surface area contributed by atoms with Crippen LogP contribution in [-0.4, -0.2) is 29.7 Å². The molecule has 0 amide bonds. The van der Waals surface area contributed by atoms with Crippen molar-refractivity contribution in [2.75, 3.05) is 24.6 Å². The zero-order valence-corrected chi connectivity index (χ0v) is 9.80. The van der Waals surface area contributed by atoms with E-state index in [0.29, 0.717) is 5.56 Å². The van der Waals surface area contributed by atoms with Crippen LogP contribution in [0.4, 0.5) is 11.4 Å². The Morgan fingerprint density at radius 2 is 2.35 bits per heavy atom. The normalized spacial score (nSPS) is 19.6. The van der Waals surface area contributed by atoms with Crippen molar-refractivity contribution in [1.82, 2.24) is 0 Å². The van der Waals surface area contributed by atoms with Crippen LogP contribution in [0.1, 0.15) is 12.0 Å². The quantitative estimate of drug-likeness (QED) is 0.641. The molecule has 0 saturated carbocycles. The Labute approximate surface area is 99.8 Å². The first-order chi connectivity index (χ1) is 8.13. The standard InChI is InChI=1S/C12H16N2O3/c1-9-11(3-2-4-12(9)14(16)17)13-6-5-10(7-13)8-15/h2-4,10,15H,5-8H2,1H3. The fourth-order valence-corrected chi connectivity index (χ4v) is 2.35. The predicted molar refractivity (Wildman–Crippen MR) is 65.2 cm³/mol. The Kier molecular flexibility index (Phi) is 3.28. The molecule has 0 radical (unpaired) electrons. The highest BCUT2D eigenvalue weighted by molar-refractivity contribution is 5.61. The summed E-state index contributed by atoms with van der Waals surface area (Å²) in [6.07, 6.45) is 0.943. The Morgan fingerprint density at radius 3 is 2.94 bits per heavy atom. The molecule has 0 bridgehead atoms. The van der Waals surface area contributed by atoms with Crippen molar-refractivity contribution in [2.24, 2.45) is 5.92 Å². The zero-order chi connectivity index (χ0) is 12.4. The van der Waals surface area contributed by atoms with Gasteiger partial charge in [0, 0.05) is 37.4 Å². The van der Waals surface area contributed by atoms with Crippen LogP contribution in [0.25, 0.3) is 0 Å². The summed E-state index contributed by atoms with van der Waals surface area (Å²) in [5.41, 5.74) is 1.78. The van der Waals surface area contributed by atoms with Crippen molar-refractivity contribution in [3.63, 3.8) is 0 Å². The molecule has 17 heavy (non-hydrogen) atoms. The van der Waals surface area contributed by atoms with E-state index in [9.17, 15) is 10.1 Å². The van der Waals surface area contributed by atoms with Gasteiger partial charge in [-0.2, -0.15) is 0 Å². The van der Waals surface area contributed by atoms with Crippen LogP contribution in [0.3, 0.4) is 0 Å². The van der Waals surface area contributed by atoms with E-state index in [4.69, 9.17) is 5.11 Å². The number of hydrogen-bond acceptors (Lipinski definition) is 4. The summed E-state index contributed by atoms with van der Waals surface area (Å²) in [4.78, 5) is 12.6. The van der Waals surface area contributed by atoms with Gasteiger partial charge in [-0.15, -0.1) is 0 Å². The highest BCUT2D eigenvalue weighted by Gasteiger charge is 2.25. The molecule has 0 spiro atoms. The summed E-state index contributed by atoms with van der Waals surface area (Å²) >= 11 is 0. The van der Waals surface area contributed by atoms with E-state index >= 15 is 0 Å². The molecule has 1 aromatic rings. The third-order valence-corrected chi connectivity index (χ3v) is 3.36. The molecule has 1 fully saturated rings. The average molecular weight is 236 g/mol. The minimum atomic E-state index is -0.349. The minimum absolute atomic E-state index is 0.162. The topological polar surface area (TPSA) is 66.6 Å². The first-order valence-corrected chi connectivity index (χ1v) is 5.73. The van der Waals surface area contributed by atoms with Crippen LogP contribution in [0, 0.1) is 23.0 Å². The largest absolute Gasteiger partial charge is 0.396 e. The molecule has 1 atom stereocenters. The monoisotopic (exact) mass is 236 g/mol. The van der Waals surface area contributed by atoms with Gasteiger partial charge in [0.25, 0.3) is 5.69 Å². The first-order valence-electron chi connectivity index (χ1n) is 5.73. The van der Waals surface area contributed by atoms with Gasteiger partial charge < -0.3 is 10.0 Å². The van der Waals surface area contributed by atoms with Crippen LogP contribution in [0.5, 0.6) is 0 Å². The highest BCUT2D eigenvalue weighted by atomic mass is 16.6. The number of nitro groups is 1. The van der Waals surface area contributed by atoms with Gasteiger partial charge in [-0.05, 0) is 19.4 Å². The molecule has 5 nitrogen and oxygen atoms in total. The van der Waals surface area contributed by atoms with Gasteiger partial charge in [0.1, 0.15) is 0 Å². The van der Waals surface area contributed by atoms with Gasteiger partial charge in [0.15, 0.2) is 0 Å². The van der Waals surface area contributed by atoms with Crippen LogP contribution in [-0.2, 0) is 0 Å². The third-order valence-electron chi connectivity index (χ3n) is 3.36.